The monoisotopic (exact) mass is 286 g/mol. The molecule has 1 heterocycles. The molecule has 118 valence electrons. The van der Waals surface area contributed by atoms with E-state index in [-0.39, 0.29) is 18.1 Å². The number of amides is 1. The SMILES string of the molecule is CC(C)NC(C)(CCCCOCC1CCCO1)C(N)=O. The van der Waals surface area contributed by atoms with E-state index in [9.17, 15) is 4.79 Å². The van der Waals surface area contributed by atoms with Crippen LogP contribution >= 0.6 is 0 Å². The number of hydrogen-bond acceptors (Lipinski definition) is 4. The van der Waals surface area contributed by atoms with Crippen LogP contribution in [0, 0.1) is 0 Å². The van der Waals surface area contributed by atoms with Crippen molar-refractivity contribution >= 4 is 5.91 Å². The van der Waals surface area contributed by atoms with Gasteiger partial charge in [0.15, 0.2) is 0 Å². The van der Waals surface area contributed by atoms with Gasteiger partial charge in [0.05, 0.1) is 18.2 Å². The molecular formula is C15H30N2O3. The zero-order valence-electron chi connectivity index (χ0n) is 13.1. The van der Waals surface area contributed by atoms with Crippen molar-refractivity contribution in [1.29, 1.82) is 0 Å². The lowest BCUT2D eigenvalue weighted by atomic mass is 9.93. The summed E-state index contributed by atoms with van der Waals surface area (Å²) in [6.07, 6.45) is 5.14. The number of primary amides is 1. The molecule has 0 saturated carbocycles. The maximum absolute atomic E-state index is 11.6. The van der Waals surface area contributed by atoms with Gasteiger partial charge < -0.3 is 20.5 Å². The Morgan fingerprint density at radius 1 is 1.50 bits per heavy atom. The Morgan fingerprint density at radius 3 is 2.80 bits per heavy atom. The smallest absolute Gasteiger partial charge is 0.237 e. The average molecular weight is 286 g/mol. The van der Waals surface area contributed by atoms with E-state index in [2.05, 4.69) is 5.32 Å². The van der Waals surface area contributed by atoms with E-state index in [1.54, 1.807) is 0 Å². The number of nitrogens with two attached hydrogens (primary N) is 1. The highest BCUT2D eigenvalue weighted by molar-refractivity contribution is 5.84. The van der Waals surface area contributed by atoms with Crippen LogP contribution in [0.2, 0.25) is 0 Å². The van der Waals surface area contributed by atoms with Gasteiger partial charge >= 0.3 is 0 Å². The van der Waals surface area contributed by atoms with E-state index < -0.39 is 5.54 Å². The topological polar surface area (TPSA) is 73.6 Å². The van der Waals surface area contributed by atoms with E-state index in [4.69, 9.17) is 15.2 Å². The molecule has 0 aromatic rings. The summed E-state index contributed by atoms with van der Waals surface area (Å²) in [4.78, 5) is 11.6. The van der Waals surface area contributed by atoms with Crippen molar-refractivity contribution in [3.63, 3.8) is 0 Å². The lowest BCUT2D eigenvalue weighted by Crippen LogP contribution is -2.55. The number of hydrogen-bond donors (Lipinski definition) is 2. The average Bonchev–Trinajstić information content (AvgIpc) is 2.85. The molecular weight excluding hydrogens is 256 g/mol. The van der Waals surface area contributed by atoms with Crippen molar-refractivity contribution in [3.05, 3.63) is 0 Å². The van der Waals surface area contributed by atoms with Crippen LogP contribution in [0.25, 0.3) is 0 Å². The van der Waals surface area contributed by atoms with Crippen LogP contribution in [-0.2, 0) is 14.3 Å². The van der Waals surface area contributed by atoms with Gasteiger partial charge in [0.25, 0.3) is 0 Å². The Bertz CT molecular complexity index is 291. The Morgan fingerprint density at radius 2 is 2.25 bits per heavy atom. The second-order valence-corrected chi connectivity index (χ2v) is 6.16. The van der Waals surface area contributed by atoms with E-state index in [1.807, 2.05) is 20.8 Å². The van der Waals surface area contributed by atoms with Crippen LogP contribution in [0.4, 0.5) is 0 Å². The molecule has 1 amide bonds. The fourth-order valence-corrected chi connectivity index (χ4v) is 2.58. The number of nitrogens with one attached hydrogen (secondary N) is 1. The minimum absolute atomic E-state index is 0.239. The Kier molecular flexibility index (Phi) is 7.48. The quantitative estimate of drug-likeness (QED) is 0.598. The summed E-state index contributed by atoms with van der Waals surface area (Å²) in [5, 5.41) is 3.26. The molecule has 5 heteroatoms. The summed E-state index contributed by atoms with van der Waals surface area (Å²) < 4.78 is 11.1. The van der Waals surface area contributed by atoms with Gasteiger partial charge in [0, 0.05) is 19.3 Å². The van der Waals surface area contributed by atoms with Crippen LogP contribution in [0.1, 0.15) is 52.9 Å². The largest absolute Gasteiger partial charge is 0.379 e. The summed E-state index contributed by atoms with van der Waals surface area (Å²) in [7, 11) is 0. The van der Waals surface area contributed by atoms with Gasteiger partial charge in [-0.15, -0.1) is 0 Å². The Hall–Kier alpha value is -0.650. The summed E-state index contributed by atoms with van der Waals surface area (Å²) >= 11 is 0. The van der Waals surface area contributed by atoms with Gasteiger partial charge in [0.2, 0.25) is 5.91 Å². The van der Waals surface area contributed by atoms with E-state index in [0.29, 0.717) is 6.61 Å². The van der Waals surface area contributed by atoms with Gasteiger partial charge in [-0.2, -0.15) is 0 Å². The molecule has 1 aliphatic rings. The fraction of sp³-hybridized carbons (Fsp3) is 0.933. The summed E-state index contributed by atoms with van der Waals surface area (Å²) in [5.74, 6) is -0.286. The van der Waals surface area contributed by atoms with Crippen molar-refractivity contribution in [3.8, 4) is 0 Å². The maximum atomic E-state index is 11.6. The summed E-state index contributed by atoms with van der Waals surface area (Å²) in [5.41, 5.74) is 4.87. The fourth-order valence-electron chi connectivity index (χ4n) is 2.58. The number of ether oxygens (including phenoxy) is 2. The van der Waals surface area contributed by atoms with Crippen LogP contribution in [0.3, 0.4) is 0 Å². The molecule has 5 nitrogen and oxygen atoms in total. The lowest BCUT2D eigenvalue weighted by Gasteiger charge is -2.29. The zero-order valence-corrected chi connectivity index (χ0v) is 13.1. The molecule has 1 fully saturated rings. The highest BCUT2D eigenvalue weighted by Crippen LogP contribution is 2.15. The van der Waals surface area contributed by atoms with Crippen molar-refractivity contribution in [2.75, 3.05) is 19.8 Å². The summed E-state index contributed by atoms with van der Waals surface area (Å²) in [6, 6.07) is 0.239. The number of rotatable bonds is 10. The highest BCUT2D eigenvalue weighted by atomic mass is 16.5. The third kappa shape index (κ3) is 6.20. The zero-order chi connectivity index (χ0) is 15.0. The van der Waals surface area contributed by atoms with Crippen LogP contribution < -0.4 is 11.1 Å². The molecule has 1 saturated heterocycles. The molecule has 20 heavy (non-hydrogen) atoms. The predicted octanol–water partition coefficient (Wildman–Crippen LogP) is 1.59. The van der Waals surface area contributed by atoms with Gasteiger partial charge in [-0.25, -0.2) is 0 Å². The second kappa shape index (κ2) is 8.60. The Labute approximate surface area is 122 Å². The Balaban J connectivity index is 2.12. The van der Waals surface area contributed by atoms with Crippen LogP contribution in [-0.4, -0.2) is 43.4 Å². The molecule has 0 aromatic carbocycles. The van der Waals surface area contributed by atoms with Crippen molar-refractivity contribution in [2.45, 2.75) is 70.6 Å². The number of unbranched alkanes of at least 4 members (excludes halogenated alkanes) is 1. The minimum atomic E-state index is -0.622. The first-order valence-corrected chi connectivity index (χ1v) is 7.71. The van der Waals surface area contributed by atoms with Gasteiger partial charge in [0.1, 0.15) is 0 Å². The second-order valence-electron chi connectivity index (χ2n) is 6.16. The van der Waals surface area contributed by atoms with E-state index in [1.165, 1.54) is 0 Å². The predicted molar refractivity (Wildman–Crippen MR) is 79.5 cm³/mol. The number of carbonyl (C=O) groups is 1. The van der Waals surface area contributed by atoms with Crippen molar-refractivity contribution < 1.29 is 14.3 Å². The third-order valence-electron chi connectivity index (χ3n) is 3.69. The molecule has 0 aromatic heterocycles. The minimum Gasteiger partial charge on any atom is -0.379 e. The molecule has 0 spiro atoms. The first kappa shape index (κ1) is 17.4. The molecule has 1 aliphatic heterocycles. The van der Waals surface area contributed by atoms with Crippen LogP contribution in [0.15, 0.2) is 0 Å². The highest BCUT2D eigenvalue weighted by Gasteiger charge is 2.30. The first-order valence-electron chi connectivity index (χ1n) is 7.71. The molecule has 0 bridgehead atoms. The molecule has 2 atom stereocenters. The normalized spacial score (nSPS) is 22.1. The molecule has 1 rings (SSSR count). The van der Waals surface area contributed by atoms with Gasteiger partial charge in [-0.1, -0.05) is 0 Å². The molecule has 2 unspecified atom stereocenters. The number of carbonyl (C=O) groups excluding carboxylic acids is 1. The first-order chi connectivity index (χ1) is 9.44. The summed E-state index contributed by atoms with van der Waals surface area (Å²) in [6.45, 7) is 8.19. The lowest BCUT2D eigenvalue weighted by molar-refractivity contribution is -0.124. The molecule has 3 N–H and O–H groups in total. The molecule has 0 aliphatic carbocycles. The van der Waals surface area contributed by atoms with E-state index in [0.717, 1.165) is 45.3 Å². The van der Waals surface area contributed by atoms with E-state index >= 15 is 0 Å². The van der Waals surface area contributed by atoms with Gasteiger partial charge in [-0.3, -0.25) is 4.79 Å². The third-order valence-corrected chi connectivity index (χ3v) is 3.69. The van der Waals surface area contributed by atoms with Crippen molar-refractivity contribution in [2.24, 2.45) is 5.73 Å². The maximum Gasteiger partial charge on any atom is 0.237 e. The van der Waals surface area contributed by atoms with Crippen LogP contribution in [0.5, 0.6) is 0 Å². The van der Waals surface area contributed by atoms with Crippen molar-refractivity contribution in [1.82, 2.24) is 5.32 Å². The van der Waals surface area contributed by atoms with Gasteiger partial charge in [-0.05, 0) is 52.9 Å². The molecule has 0 radical (unpaired) electrons. The standard InChI is InChI=1S/C15H30N2O3/c1-12(2)17-15(3,14(16)18)8-4-5-9-19-11-13-7-6-10-20-13/h12-13,17H,4-11H2,1-3H3,(H2,16,18).